The fourth-order valence-electron chi connectivity index (χ4n) is 3.24. The van der Waals surface area contributed by atoms with Gasteiger partial charge in [-0.05, 0) is 64.1 Å². The molecule has 0 fully saturated rings. The molecule has 4 rings (SSSR count). The predicted molar refractivity (Wildman–Crippen MR) is 113 cm³/mol. The lowest BCUT2D eigenvalue weighted by Crippen LogP contribution is -2.13. The van der Waals surface area contributed by atoms with Crippen LogP contribution in [-0.4, -0.2) is 48.6 Å². The van der Waals surface area contributed by atoms with Gasteiger partial charge in [-0.1, -0.05) is 0 Å². The molecule has 0 unspecified atom stereocenters. The molecule has 1 aromatic carbocycles. The zero-order valence-corrected chi connectivity index (χ0v) is 17.5. The standard InChI is InChI=1S/C21H24N8/c1-13-11-15(3)28(25-13)20-22-19(17-7-9-18(10-8-17)27(5)6)23-21(24-20)29-16(4)12-14(2)26-29/h7-12H,1-6H3. The van der Waals surface area contributed by atoms with Crippen LogP contribution < -0.4 is 4.90 Å². The number of benzene rings is 1. The van der Waals surface area contributed by atoms with Gasteiger partial charge in [-0.3, -0.25) is 0 Å². The molecule has 0 spiro atoms. The van der Waals surface area contributed by atoms with Gasteiger partial charge in [0.2, 0.25) is 0 Å². The topological polar surface area (TPSA) is 77.5 Å². The first-order chi connectivity index (χ1) is 13.8. The molecule has 0 N–H and O–H groups in total. The van der Waals surface area contributed by atoms with Crippen molar-refractivity contribution >= 4 is 5.69 Å². The normalized spacial score (nSPS) is 11.1. The molecule has 0 atom stereocenters. The molecule has 0 aliphatic carbocycles. The van der Waals surface area contributed by atoms with Gasteiger partial charge >= 0.3 is 0 Å². The fraction of sp³-hybridized carbons (Fsp3) is 0.286. The lowest BCUT2D eigenvalue weighted by Gasteiger charge is -2.13. The second-order valence-corrected chi connectivity index (χ2v) is 7.38. The van der Waals surface area contributed by atoms with Crippen LogP contribution in [0, 0.1) is 27.7 Å². The molecule has 3 aromatic heterocycles. The average Bonchev–Trinajstić information content (AvgIpc) is 3.21. The van der Waals surface area contributed by atoms with Gasteiger partial charge in [0, 0.05) is 36.7 Å². The summed E-state index contributed by atoms with van der Waals surface area (Å²) < 4.78 is 3.48. The van der Waals surface area contributed by atoms with E-state index in [0.717, 1.165) is 34.0 Å². The Balaban J connectivity index is 1.90. The number of nitrogens with zero attached hydrogens (tertiary/aromatic N) is 8. The number of anilines is 1. The summed E-state index contributed by atoms with van der Waals surface area (Å²) in [4.78, 5) is 16.1. The molecule has 148 valence electrons. The maximum atomic E-state index is 4.71. The molecule has 0 bridgehead atoms. The summed E-state index contributed by atoms with van der Waals surface area (Å²) in [5.41, 5.74) is 5.76. The molecule has 0 saturated heterocycles. The molecule has 4 aromatic rings. The number of hydrogen-bond donors (Lipinski definition) is 0. The Hall–Kier alpha value is -3.55. The molecule has 3 heterocycles. The van der Waals surface area contributed by atoms with E-state index in [1.165, 1.54) is 0 Å². The molecule has 0 saturated carbocycles. The molecule has 8 heteroatoms. The first-order valence-electron chi connectivity index (χ1n) is 9.43. The van der Waals surface area contributed by atoms with Crippen LogP contribution in [0.3, 0.4) is 0 Å². The number of rotatable bonds is 4. The van der Waals surface area contributed by atoms with Crippen molar-refractivity contribution in [3.05, 3.63) is 59.2 Å². The lowest BCUT2D eigenvalue weighted by molar-refractivity contribution is 0.720. The first kappa shape index (κ1) is 18.8. The average molecular weight is 388 g/mol. The Bertz CT molecular complexity index is 1100. The van der Waals surface area contributed by atoms with E-state index in [4.69, 9.17) is 9.97 Å². The van der Waals surface area contributed by atoms with Crippen molar-refractivity contribution < 1.29 is 0 Å². The lowest BCUT2D eigenvalue weighted by atomic mass is 10.2. The third-order valence-corrected chi connectivity index (χ3v) is 4.65. The van der Waals surface area contributed by atoms with E-state index in [0.29, 0.717) is 17.7 Å². The highest BCUT2D eigenvalue weighted by atomic mass is 15.4. The van der Waals surface area contributed by atoms with Crippen LogP contribution in [0.25, 0.3) is 23.3 Å². The van der Waals surface area contributed by atoms with Crippen molar-refractivity contribution in [2.24, 2.45) is 0 Å². The van der Waals surface area contributed by atoms with Gasteiger partial charge in [0.25, 0.3) is 11.9 Å². The molecule has 0 radical (unpaired) electrons. The Labute approximate surface area is 169 Å². The largest absolute Gasteiger partial charge is 0.378 e. The quantitative estimate of drug-likeness (QED) is 0.534. The van der Waals surface area contributed by atoms with Crippen LogP contribution in [0.15, 0.2) is 36.4 Å². The van der Waals surface area contributed by atoms with Crippen molar-refractivity contribution in [2.45, 2.75) is 27.7 Å². The minimum atomic E-state index is 0.472. The molecule has 0 aliphatic rings. The van der Waals surface area contributed by atoms with Gasteiger partial charge in [-0.2, -0.15) is 25.1 Å². The van der Waals surface area contributed by atoms with Crippen LogP contribution in [0.5, 0.6) is 0 Å². The van der Waals surface area contributed by atoms with Crippen molar-refractivity contribution in [1.82, 2.24) is 34.5 Å². The zero-order chi connectivity index (χ0) is 20.7. The second kappa shape index (κ2) is 7.12. The number of aryl methyl sites for hydroxylation is 4. The summed E-state index contributed by atoms with van der Waals surface area (Å²) in [6.45, 7) is 7.87. The molecule has 8 nitrogen and oxygen atoms in total. The predicted octanol–water partition coefficient (Wildman–Crippen LogP) is 3.21. The van der Waals surface area contributed by atoms with E-state index in [1.54, 1.807) is 9.36 Å². The number of aromatic nitrogens is 7. The molecular formula is C21H24N8. The monoisotopic (exact) mass is 388 g/mol. The zero-order valence-electron chi connectivity index (χ0n) is 17.5. The summed E-state index contributed by atoms with van der Waals surface area (Å²) in [7, 11) is 4.03. The third kappa shape index (κ3) is 3.61. The van der Waals surface area contributed by atoms with Crippen molar-refractivity contribution in [3.8, 4) is 23.3 Å². The first-order valence-corrected chi connectivity index (χ1v) is 9.43. The molecular weight excluding hydrogens is 364 g/mol. The van der Waals surface area contributed by atoms with E-state index in [2.05, 4.69) is 20.1 Å². The smallest absolute Gasteiger partial charge is 0.256 e. The van der Waals surface area contributed by atoms with E-state index in [9.17, 15) is 0 Å². The SMILES string of the molecule is Cc1cc(C)n(-c2nc(-c3ccc(N(C)C)cc3)nc(-n3nc(C)cc3C)n2)n1. The molecule has 29 heavy (non-hydrogen) atoms. The summed E-state index contributed by atoms with van der Waals surface area (Å²) in [6.07, 6.45) is 0. The van der Waals surface area contributed by atoms with Gasteiger partial charge in [0.05, 0.1) is 11.4 Å². The van der Waals surface area contributed by atoms with Crippen LogP contribution in [0.4, 0.5) is 5.69 Å². The minimum absolute atomic E-state index is 0.472. The fourth-order valence-corrected chi connectivity index (χ4v) is 3.24. The van der Waals surface area contributed by atoms with Gasteiger partial charge in [0.1, 0.15) is 0 Å². The van der Waals surface area contributed by atoms with Crippen LogP contribution in [-0.2, 0) is 0 Å². The Kier molecular flexibility index (Phi) is 4.62. The van der Waals surface area contributed by atoms with Gasteiger partial charge in [-0.15, -0.1) is 0 Å². The van der Waals surface area contributed by atoms with E-state index in [1.807, 2.05) is 78.2 Å². The molecule has 0 aliphatic heterocycles. The van der Waals surface area contributed by atoms with Crippen molar-refractivity contribution in [2.75, 3.05) is 19.0 Å². The van der Waals surface area contributed by atoms with Crippen molar-refractivity contribution in [3.63, 3.8) is 0 Å². The summed E-state index contributed by atoms with van der Waals surface area (Å²) >= 11 is 0. The van der Waals surface area contributed by atoms with Crippen LogP contribution >= 0.6 is 0 Å². The van der Waals surface area contributed by atoms with Gasteiger partial charge < -0.3 is 4.90 Å². The summed E-state index contributed by atoms with van der Waals surface area (Å²) in [5, 5.41) is 9.09. The maximum Gasteiger partial charge on any atom is 0.256 e. The highest BCUT2D eigenvalue weighted by Crippen LogP contribution is 2.22. The minimum Gasteiger partial charge on any atom is -0.378 e. The van der Waals surface area contributed by atoms with Gasteiger partial charge in [-0.25, -0.2) is 9.36 Å². The Morgan fingerprint density at radius 3 is 1.55 bits per heavy atom. The summed E-state index contributed by atoms with van der Waals surface area (Å²) in [5.74, 6) is 1.52. The summed E-state index contributed by atoms with van der Waals surface area (Å²) in [6, 6.07) is 12.1. The highest BCUT2D eigenvalue weighted by molar-refractivity contribution is 5.61. The van der Waals surface area contributed by atoms with Crippen LogP contribution in [0.2, 0.25) is 0 Å². The van der Waals surface area contributed by atoms with E-state index >= 15 is 0 Å². The third-order valence-electron chi connectivity index (χ3n) is 4.65. The number of hydrogen-bond acceptors (Lipinski definition) is 6. The van der Waals surface area contributed by atoms with E-state index < -0.39 is 0 Å². The van der Waals surface area contributed by atoms with E-state index in [-0.39, 0.29) is 0 Å². The maximum absolute atomic E-state index is 4.71. The van der Waals surface area contributed by atoms with Crippen molar-refractivity contribution in [1.29, 1.82) is 0 Å². The Morgan fingerprint density at radius 1 is 0.690 bits per heavy atom. The Morgan fingerprint density at radius 2 is 1.17 bits per heavy atom. The van der Waals surface area contributed by atoms with Gasteiger partial charge in [0.15, 0.2) is 5.82 Å². The highest BCUT2D eigenvalue weighted by Gasteiger charge is 2.16. The second-order valence-electron chi connectivity index (χ2n) is 7.38. The molecule has 0 amide bonds. The van der Waals surface area contributed by atoms with Crippen LogP contribution in [0.1, 0.15) is 22.8 Å².